The highest BCUT2D eigenvalue weighted by molar-refractivity contribution is 5.81. The summed E-state index contributed by atoms with van der Waals surface area (Å²) in [4.78, 5) is 26.5. The van der Waals surface area contributed by atoms with E-state index in [1.165, 1.54) is 0 Å². The second-order valence-electron chi connectivity index (χ2n) is 7.14. The number of anilines is 3. The van der Waals surface area contributed by atoms with Gasteiger partial charge < -0.3 is 20.5 Å². The Kier molecular flexibility index (Phi) is 4.42. The van der Waals surface area contributed by atoms with Crippen molar-refractivity contribution in [3.63, 3.8) is 0 Å². The fourth-order valence-electron chi connectivity index (χ4n) is 2.99. The molecule has 0 atom stereocenters. The molecule has 9 nitrogen and oxygen atoms in total. The van der Waals surface area contributed by atoms with Crippen LogP contribution in [0.1, 0.15) is 36.7 Å². The Labute approximate surface area is 162 Å². The molecule has 1 amide bonds. The predicted octanol–water partition coefficient (Wildman–Crippen LogP) is 2.49. The standard InChI is InChI=1S/C19H21N7O2/c1-10(2)17-24-18(28-25-17)14-8-21-19(23-16(14)20)22-13-5-4-11-7-15(27)26(3)9-12(11)6-13/h4-6,8,10H,7,9H2,1-3H3,(H3,20,21,22,23). The van der Waals surface area contributed by atoms with E-state index >= 15 is 0 Å². The van der Waals surface area contributed by atoms with Crippen molar-refractivity contribution < 1.29 is 9.32 Å². The van der Waals surface area contributed by atoms with Gasteiger partial charge in [-0.15, -0.1) is 0 Å². The van der Waals surface area contributed by atoms with E-state index in [4.69, 9.17) is 10.3 Å². The van der Waals surface area contributed by atoms with Gasteiger partial charge in [-0.05, 0) is 23.3 Å². The molecule has 1 aliphatic rings. The van der Waals surface area contributed by atoms with E-state index in [-0.39, 0.29) is 17.6 Å². The molecule has 0 aliphatic carbocycles. The van der Waals surface area contributed by atoms with Crippen molar-refractivity contribution in [3.8, 4) is 11.5 Å². The number of rotatable bonds is 4. The van der Waals surface area contributed by atoms with Crippen molar-refractivity contribution in [2.75, 3.05) is 18.1 Å². The number of benzene rings is 1. The third-order valence-electron chi connectivity index (χ3n) is 4.64. The van der Waals surface area contributed by atoms with E-state index in [2.05, 4.69) is 25.4 Å². The Morgan fingerprint density at radius 1 is 1.25 bits per heavy atom. The number of amides is 1. The molecule has 144 valence electrons. The van der Waals surface area contributed by atoms with Crippen molar-refractivity contribution >= 4 is 23.4 Å². The smallest absolute Gasteiger partial charge is 0.263 e. The normalized spacial score (nSPS) is 13.7. The second kappa shape index (κ2) is 6.91. The number of hydrogen-bond acceptors (Lipinski definition) is 8. The SMILES string of the molecule is CC(C)c1noc(-c2cnc(Nc3ccc4c(c3)CN(C)C(=O)C4)nc2N)n1. The lowest BCUT2D eigenvalue weighted by atomic mass is 9.99. The lowest BCUT2D eigenvalue weighted by molar-refractivity contribution is -0.130. The van der Waals surface area contributed by atoms with Gasteiger partial charge in [0.2, 0.25) is 11.9 Å². The minimum absolute atomic E-state index is 0.126. The number of nitrogen functional groups attached to an aromatic ring is 1. The number of carbonyl (C=O) groups is 1. The topological polar surface area (TPSA) is 123 Å². The molecule has 0 radical (unpaired) electrons. The maximum atomic E-state index is 11.8. The number of hydrogen-bond donors (Lipinski definition) is 2. The molecule has 0 bridgehead atoms. The number of nitrogens with one attached hydrogen (secondary N) is 1. The molecule has 0 unspecified atom stereocenters. The first-order valence-corrected chi connectivity index (χ1v) is 9.00. The Balaban J connectivity index is 1.55. The van der Waals surface area contributed by atoms with Crippen molar-refractivity contribution in [1.29, 1.82) is 0 Å². The van der Waals surface area contributed by atoms with E-state index in [9.17, 15) is 4.79 Å². The van der Waals surface area contributed by atoms with Gasteiger partial charge in [-0.1, -0.05) is 25.1 Å². The second-order valence-corrected chi connectivity index (χ2v) is 7.14. The summed E-state index contributed by atoms with van der Waals surface area (Å²) in [6.45, 7) is 4.54. The summed E-state index contributed by atoms with van der Waals surface area (Å²) in [6.07, 6.45) is 1.99. The Bertz CT molecular complexity index is 1040. The van der Waals surface area contributed by atoms with Gasteiger partial charge in [-0.25, -0.2) is 4.98 Å². The summed E-state index contributed by atoms with van der Waals surface area (Å²) in [6, 6.07) is 5.85. The molecule has 0 saturated carbocycles. The Morgan fingerprint density at radius 2 is 2.07 bits per heavy atom. The maximum Gasteiger partial charge on any atom is 0.263 e. The minimum Gasteiger partial charge on any atom is -0.383 e. The Hall–Kier alpha value is -3.49. The van der Waals surface area contributed by atoms with Crippen molar-refractivity contribution in [1.82, 2.24) is 25.0 Å². The van der Waals surface area contributed by atoms with Gasteiger partial charge in [0.05, 0.1) is 6.42 Å². The lowest BCUT2D eigenvalue weighted by Crippen LogP contribution is -2.32. The molecule has 3 heterocycles. The molecule has 0 saturated heterocycles. The maximum absolute atomic E-state index is 11.8. The molecule has 1 aromatic carbocycles. The van der Waals surface area contributed by atoms with Crippen LogP contribution in [0.2, 0.25) is 0 Å². The van der Waals surface area contributed by atoms with Crippen molar-refractivity contribution in [3.05, 3.63) is 41.3 Å². The molecule has 2 aromatic heterocycles. The quantitative estimate of drug-likeness (QED) is 0.709. The number of fused-ring (bicyclic) bond motifs is 1. The summed E-state index contributed by atoms with van der Waals surface area (Å²) >= 11 is 0. The highest BCUT2D eigenvalue weighted by Crippen LogP contribution is 2.27. The van der Waals surface area contributed by atoms with Gasteiger partial charge in [0.15, 0.2) is 5.82 Å². The van der Waals surface area contributed by atoms with Crippen LogP contribution in [0.4, 0.5) is 17.5 Å². The fraction of sp³-hybridized carbons (Fsp3) is 0.316. The van der Waals surface area contributed by atoms with E-state index in [1.807, 2.05) is 32.0 Å². The molecule has 28 heavy (non-hydrogen) atoms. The van der Waals surface area contributed by atoms with Gasteiger partial charge in [-0.2, -0.15) is 9.97 Å². The van der Waals surface area contributed by atoms with Crippen LogP contribution in [-0.4, -0.2) is 38.0 Å². The van der Waals surface area contributed by atoms with E-state index in [0.29, 0.717) is 36.2 Å². The Morgan fingerprint density at radius 3 is 2.79 bits per heavy atom. The van der Waals surface area contributed by atoms with Crippen LogP contribution in [0.15, 0.2) is 28.9 Å². The highest BCUT2D eigenvalue weighted by atomic mass is 16.5. The van der Waals surface area contributed by atoms with Crippen molar-refractivity contribution in [2.24, 2.45) is 0 Å². The number of nitrogens with two attached hydrogens (primary N) is 1. The fourth-order valence-corrected chi connectivity index (χ4v) is 2.99. The van der Waals surface area contributed by atoms with Gasteiger partial charge in [0.25, 0.3) is 5.89 Å². The summed E-state index contributed by atoms with van der Waals surface area (Å²) < 4.78 is 5.26. The first-order valence-electron chi connectivity index (χ1n) is 9.00. The van der Waals surface area contributed by atoms with Gasteiger partial charge >= 0.3 is 0 Å². The van der Waals surface area contributed by atoms with Gasteiger partial charge in [0.1, 0.15) is 11.4 Å². The van der Waals surface area contributed by atoms with Crippen LogP contribution in [0.5, 0.6) is 0 Å². The highest BCUT2D eigenvalue weighted by Gasteiger charge is 2.20. The molecule has 3 N–H and O–H groups in total. The first-order chi connectivity index (χ1) is 13.4. The first kappa shape index (κ1) is 17.9. The molecule has 3 aromatic rings. The zero-order chi connectivity index (χ0) is 19.8. The number of nitrogens with zero attached hydrogens (tertiary/aromatic N) is 5. The largest absolute Gasteiger partial charge is 0.383 e. The average molecular weight is 379 g/mol. The molecular weight excluding hydrogens is 358 g/mol. The summed E-state index contributed by atoms with van der Waals surface area (Å²) in [5.41, 5.74) is 9.54. The zero-order valence-corrected chi connectivity index (χ0v) is 15.9. The summed E-state index contributed by atoms with van der Waals surface area (Å²) in [7, 11) is 1.80. The molecule has 4 rings (SSSR count). The van der Waals surface area contributed by atoms with E-state index in [1.54, 1.807) is 18.1 Å². The molecule has 9 heteroatoms. The molecular formula is C19H21N7O2. The van der Waals surface area contributed by atoms with Crippen LogP contribution in [-0.2, 0) is 17.8 Å². The van der Waals surface area contributed by atoms with Crippen LogP contribution in [0.25, 0.3) is 11.5 Å². The monoisotopic (exact) mass is 379 g/mol. The average Bonchev–Trinajstić information content (AvgIpc) is 3.13. The summed E-state index contributed by atoms with van der Waals surface area (Å²) in [5, 5.41) is 7.09. The van der Waals surface area contributed by atoms with E-state index < -0.39 is 0 Å². The van der Waals surface area contributed by atoms with Crippen molar-refractivity contribution in [2.45, 2.75) is 32.7 Å². The lowest BCUT2D eigenvalue weighted by Gasteiger charge is -2.25. The van der Waals surface area contributed by atoms with Crippen LogP contribution in [0, 0.1) is 0 Å². The summed E-state index contributed by atoms with van der Waals surface area (Å²) in [5.74, 6) is 1.80. The minimum atomic E-state index is 0.126. The number of aromatic nitrogens is 4. The van der Waals surface area contributed by atoms with Crippen LogP contribution in [0.3, 0.4) is 0 Å². The third kappa shape index (κ3) is 3.38. The van der Waals surface area contributed by atoms with E-state index in [0.717, 1.165) is 16.8 Å². The third-order valence-corrected chi connectivity index (χ3v) is 4.64. The molecule has 0 spiro atoms. The number of carbonyl (C=O) groups excluding carboxylic acids is 1. The predicted molar refractivity (Wildman–Crippen MR) is 104 cm³/mol. The van der Waals surface area contributed by atoms with Crippen LogP contribution < -0.4 is 11.1 Å². The zero-order valence-electron chi connectivity index (χ0n) is 15.9. The van der Waals surface area contributed by atoms with Gasteiger partial charge in [0, 0.05) is 31.4 Å². The van der Waals surface area contributed by atoms with Crippen LogP contribution >= 0.6 is 0 Å². The number of likely N-dealkylation sites (N-methyl/N-ethyl adjacent to an activating group) is 1. The molecule has 1 aliphatic heterocycles. The van der Waals surface area contributed by atoms with Gasteiger partial charge in [-0.3, -0.25) is 4.79 Å². The molecule has 0 fully saturated rings.